The van der Waals surface area contributed by atoms with Gasteiger partial charge in [-0.15, -0.1) is 0 Å². The number of nitrogens with two attached hydrogens (primary N) is 1. The molecule has 2 rings (SSSR count). The van der Waals surface area contributed by atoms with Crippen molar-refractivity contribution < 1.29 is 0 Å². The third-order valence-electron chi connectivity index (χ3n) is 3.21. The van der Waals surface area contributed by atoms with Gasteiger partial charge in [0.05, 0.1) is 0 Å². The largest absolute Gasteiger partial charge is 0.323 e. The van der Waals surface area contributed by atoms with Gasteiger partial charge in [0, 0.05) is 28.9 Å². The van der Waals surface area contributed by atoms with Crippen LogP contribution in [0.5, 0.6) is 0 Å². The van der Waals surface area contributed by atoms with E-state index in [9.17, 15) is 0 Å². The summed E-state index contributed by atoms with van der Waals surface area (Å²) in [5.74, 6) is 0.131. The highest BCUT2D eigenvalue weighted by Crippen LogP contribution is 2.31. The number of aryl methyl sites for hydroxylation is 1. The van der Waals surface area contributed by atoms with Gasteiger partial charge in [-0.2, -0.15) is 0 Å². The lowest BCUT2D eigenvalue weighted by Gasteiger charge is -2.21. The van der Waals surface area contributed by atoms with Crippen LogP contribution in [-0.4, -0.2) is 4.98 Å². The molecular weight excluding hydrogens is 244 g/mol. The van der Waals surface area contributed by atoms with Crippen molar-refractivity contribution >= 4 is 11.6 Å². The van der Waals surface area contributed by atoms with Gasteiger partial charge in [0.25, 0.3) is 0 Å². The third kappa shape index (κ3) is 2.71. The van der Waals surface area contributed by atoms with Crippen LogP contribution in [0.15, 0.2) is 42.6 Å². The highest BCUT2D eigenvalue weighted by Gasteiger charge is 2.19. The highest BCUT2D eigenvalue weighted by atomic mass is 35.5. The smallest absolute Gasteiger partial charge is 0.0456 e. The zero-order chi connectivity index (χ0) is 13.1. The SMILES string of the molecule is Cc1ccc(C(N)C(C)c2ccccn2)c(Cl)c1. The number of nitrogens with zero attached hydrogens (tertiary/aromatic N) is 1. The summed E-state index contributed by atoms with van der Waals surface area (Å²) in [5, 5.41) is 0.727. The molecule has 2 aromatic rings. The van der Waals surface area contributed by atoms with Gasteiger partial charge in [-0.25, -0.2) is 0 Å². The van der Waals surface area contributed by atoms with E-state index in [-0.39, 0.29) is 12.0 Å². The van der Waals surface area contributed by atoms with Crippen LogP contribution in [0.25, 0.3) is 0 Å². The fourth-order valence-corrected chi connectivity index (χ4v) is 2.36. The number of pyridine rings is 1. The van der Waals surface area contributed by atoms with E-state index >= 15 is 0 Å². The number of hydrogen-bond acceptors (Lipinski definition) is 2. The Morgan fingerprint density at radius 3 is 2.61 bits per heavy atom. The topological polar surface area (TPSA) is 38.9 Å². The summed E-state index contributed by atoms with van der Waals surface area (Å²) in [7, 11) is 0. The number of rotatable bonds is 3. The van der Waals surface area contributed by atoms with Gasteiger partial charge in [0.15, 0.2) is 0 Å². The first-order valence-corrected chi connectivity index (χ1v) is 6.40. The van der Waals surface area contributed by atoms with Gasteiger partial charge >= 0.3 is 0 Å². The number of benzene rings is 1. The summed E-state index contributed by atoms with van der Waals surface area (Å²) < 4.78 is 0. The molecular formula is C15H17ClN2. The van der Waals surface area contributed by atoms with Crippen molar-refractivity contribution in [2.24, 2.45) is 5.73 Å². The molecule has 2 unspecified atom stereocenters. The normalized spacial score (nSPS) is 14.2. The molecule has 0 aliphatic heterocycles. The van der Waals surface area contributed by atoms with E-state index in [1.54, 1.807) is 6.20 Å². The van der Waals surface area contributed by atoms with Crippen LogP contribution < -0.4 is 5.73 Å². The van der Waals surface area contributed by atoms with Crippen LogP contribution in [0.2, 0.25) is 5.02 Å². The quantitative estimate of drug-likeness (QED) is 0.911. The van der Waals surface area contributed by atoms with E-state index in [0.29, 0.717) is 0 Å². The summed E-state index contributed by atoms with van der Waals surface area (Å²) in [4.78, 5) is 4.35. The Morgan fingerprint density at radius 2 is 2.00 bits per heavy atom. The van der Waals surface area contributed by atoms with Crippen molar-refractivity contribution in [1.82, 2.24) is 4.98 Å². The predicted molar refractivity (Wildman–Crippen MR) is 75.8 cm³/mol. The molecule has 1 aromatic heterocycles. The molecule has 1 heterocycles. The first kappa shape index (κ1) is 13.1. The van der Waals surface area contributed by atoms with E-state index in [2.05, 4.69) is 11.9 Å². The minimum absolute atomic E-state index is 0.131. The van der Waals surface area contributed by atoms with Gasteiger partial charge in [-0.3, -0.25) is 4.98 Å². The fraction of sp³-hybridized carbons (Fsp3) is 0.267. The predicted octanol–water partition coefficient (Wildman–Crippen LogP) is 3.85. The molecule has 0 bridgehead atoms. The maximum absolute atomic E-state index is 6.30. The monoisotopic (exact) mass is 260 g/mol. The average Bonchev–Trinajstić information content (AvgIpc) is 2.38. The second-order valence-electron chi connectivity index (χ2n) is 4.59. The van der Waals surface area contributed by atoms with Crippen molar-refractivity contribution in [3.63, 3.8) is 0 Å². The highest BCUT2D eigenvalue weighted by molar-refractivity contribution is 6.31. The molecule has 0 radical (unpaired) electrons. The van der Waals surface area contributed by atoms with E-state index in [4.69, 9.17) is 17.3 Å². The minimum Gasteiger partial charge on any atom is -0.323 e. The van der Waals surface area contributed by atoms with E-state index < -0.39 is 0 Å². The second-order valence-corrected chi connectivity index (χ2v) is 5.00. The zero-order valence-electron chi connectivity index (χ0n) is 10.6. The van der Waals surface area contributed by atoms with Crippen molar-refractivity contribution in [1.29, 1.82) is 0 Å². The lowest BCUT2D eigenvalue weighted by atomic mass is 9.92. The van der Waals surface area contributed by atoms with Crippen LogP contribution in [0, 0.1) is 6.92 Å². The lowest BCUT2D eigenvalue weighted by molar-refractivity contribution is 0.584. The number of halogens is 1. The Labute approximate surface area is 113 Å². The van der Waals surface area contributed by atoms with Gasteiger partial charge in [-0.05, 0) is 36.2 Å². The zero-order valence-corrected chi connectivity index (χ0v) is 11.4. The van der Waals surface area contributed by atoms with E-state index in [0.717, 1.165) is 21.8 Å². The average molecular weight is 261 g/mol. The Balaban J connectivity index is 2.28. The van der Waals surface area contributed by atoms with Gasteiger partial charge in [-0.1, -0.05) is 36.7 Å². The third-order valence-corrected chi connectivity index (χ3v) is 3.54. The molecule has 2 atom stereocenters. The van der Waals surface area contributed by atoms with Gasteiger partial charge in [0.1, 0.15) is 0 Å². The van der Waals surface area contributed by atoms with Gasteiger partial charge < -0.3 is 5.73 Å². The van der Waals surface area contributed by atoms with Crippen molar-refractivity contribution in [3.8, 4) is 0 Å². The van der Waals surface area contributed by atoms with Crippen LogP contribution in [0.3, 0.4) is 0 Å². The first-order valence-electron chi connectivity index (χ1n) is 6.02. The molecule has 3 heteroatoms. The molecule has 0 aliphatic rings. The fourth-order valence-electron chi connectivity index (χ4n) is 2.00. The molecule has 0 amide bonds. The molecule has 0 saturated carbocycles. The molecule has 0 spiro atoms. The van der Waals surface area contributed by atoms with Crippen LogP contribution in [0.1, 0.15) is 35.7 Å². The van der Waals surface area contributed by atoms with Crippen molar-refractivity contribution in [3.05, 3.63) is 64.4 Å². The summed E-state index contributed by atoms with van der Waals surface area (Å²) in [6.45, 7) is 4.09. The molecule has 0 saturated heterocycles. The standard InChI is InChI=1S/C15H17ClN2/c1-10-6-7-12(13(16)9-10)15(17)11(2)14-5-3-4-8-18-14/h3-9,11,15H,17H2,1-2H3. The molecule has 1 aromatic carbocycles. The summed E-state index contributed by atoms with van der Waals surface area (Å²) in [6, 6.07) is 11.7. The second kappa shape index (κ2) is 5.51. The molecule has 2 nitrogen and oxygen atoms in total. The minimum atomic E-state index is -0.145. The Morgan fingerprint density at radius 1 is 1.22 bits per heavy atom. The molecule has 94 valence electrons. The Kier molecular flexibility index (Phi) is 4.00. The van der Waals surface area contributed by atoms with E-state index in [1.165, 1.54) is 0 Å². The van der Waals surface area contributed by atoms with Crippen LogP contribution in [-0.2, 0) is 0 Å². The van der Waals surface area contributed by atoms with Crippen molar-refractivity contribution in [2.45, 2.75) is 25.8 Å². The maximum Gasteiger partial charge on any atom is 0.0456 e. The summed E-state index contributed by atoms with van der Waals surface area (Å²) in [5.41, 5.74) is 9.40. The van der Waals surface area contributed by atoms with Crippen LogP contribution in [0.4, 0.5) is 0 Å². The van der Waals surface area contributed by atoms with Gasteiger partial charge in [0.2, 0.25) is 0 Å². The molecule has 0 fully saturated rings. The number of hydrogen-bond donors (Lipinski definition) is 1. The van der Waals surface area contributed by atoms with Crippen LogP contribution >= 0.6 is 11.6 Å². The van der Waals surface area contributed by atoms with E-state index in [1.807, 2.05) is 43.3 Å². The Bertz CT molecular complexity index is 525. The molecule has 18 heavy (non-hydrogen) atoms. The molecule has 0 aliphatic carbocycles. The lowest BCUT2D eigenvalue weighted by Crippen LogP contribution is -2.18. The number of aromatic nitrogens is 1. The first-order chi connectivity index (χ1) is 8.59. The summed E-state index contributed by atoms with van der Waals surface area (Å²) in [6.07, 6.45) is 1.79. The summed E-state index contributed by atoms with van der Waals surface area (Å²) >= 11 is 6.26. The Hall–Kier alpha value is -1.38. The maximum atomic E-state index is 6.30. The van der Waals surface area contributed by atoms with Crippen molar-refractivity contribution in [2.75, 3.05) is 0 Å². The molecule has 2 N–H and O–H groups in total.